The number of imidazole rings is 1. The highest BCUT2D eigenvalue weighted by molar-refractivity contribution is 5.79. The van der Waals surface area contributed by atoms with Gasteiger partial charge in [-0.1, -0.05) is 20.3 Å². The maximum atomic E-state index is 4.45. The standard InChI is InChI=1S/C19H36N6/c1-16(2)15-25-13-10-21-18(25)14-23-19(20-4)22-9-7-12-24-11-6-5-8-17(24)3/h10,13,16-17H,5-9,11-12,14-15H2,1-4H3,(H2,20,22,23). The molecule has 0 amide bonds. The summed E-state index contributed by atoms with van der Waals surface area (Å²) in [5.41, 5.74) is 0. The summed E-state index contributed by atoms with van der Waals surface area (Å²) >= 11 is 0. The van der Waals surface area contributed by atoms with Crippen LogP contribution in [0.4, 0.5) is 0 Å². The van der Waals surface area contributed by atoms with Crippen molar-refractivity contribution in [3.8, 4) is 0 Å². The lowest BCUT2D eigenvalue weighted by Gasteiger charge is -2.33. The number of nitrogens with zero attached hydrogens (tertiary/aromatic N) is 4. The SMILES string of the molecule is CN=C(NCCCN1CCCCC1C)NCc1nccn1CC(C)C. The fraction of sp³-hybridized carbons (Fsp3) is 0.789. The summed E-state index contributed by atoms with van der Waals surface area (Å²) in [7, 11) is 1.82. The lowest BCUT2D eigenvalue weighted by Crippen LogP contribution is -2.41. The van der Waals surface area contributed by atoms with Crippen molar-refractivity contribution in [1.29, 1.82) is 0 Å². The van der Waals surface area contributed by atoms with Crippen molar-refractivity contribution < 1.29 is 0 Å². The molecular formula is C19H36N6. The summed E-state index contributed by atoms with van der Waals surface area (Å²) in [4.78, 5) is 11.4. The van der Waals surface area contributed by atoms with E-state index in [1.165, 1.54) is 32.4 Å². The Bertz CT molecular complexity index is 522. The molecule has 0 aromatic carbocycles. The molecule has 25 heavy (non-hydrogen) atoms. The van der Waals surface area contributed by atoms with Crippen molar-refractivity contribution >= 4 is 5.96 Å². The fourth-order valence-corrected chi connectivity index (χ4v) is 3.43. The van der Waals surface area contributed by atoms with Crippen LogP contribution in [0.2, 0.25) is 0 Å². The van der Waals surface area contributed by atoms with Crippen LogP contribution in [-0.4, -0.2) is 53.1 Å². The number of guanidine groups is 1. The molecule has 2 heterocycles. The minimum atomic E-state index is 0.613. The molecule has 0 spiro atoms. The topological polar surface area (TPSA) is 57.5 Å². The smallest absolute Gasteiger partial charge is 0.191 e. The number of likely N-dealkylation sites (tertiary alicyclic amines) is 1. The number of piperidine rings is 1. The van der Waals surface area contributed by atoms with E-state index in [9.17, 15) is 0 Å². The maximum Gasteiger partial charge on any atom is 0.191 e. The Labute approximate surface area is 153 Å². The van der Waals surface area contributed by atoms with Crippen molar-refractivity contribution in [2.45, 2.75) is 65.6 Å². The number of aliphatic imine (C=N–C) groups is 1. The Morgan fingerprint density at radius 2 is 2.20 bits per heavy atom. The first-order chi connectivity index (χ1) is 12.1. The van der Waals surface area contributed by atoms with E-state index in [1.807, 2.05) is 19.4 Å². The van der Waals surface area contributed by atoms with Gasteiger partial charge in [-0.15, -0.1) is 0 Å². The first-order valence-electron chi connectivity index (χ1n) is 9.78. The number of rotatable bonds is 8. The van der Waals surface area contributed by atoms with Gasteiger partial charge in [0, 0.05) is 45.1 Å². The normalized spacial score (nSPS) is 19.4. The van der Waals surface area contributed by atoms with Gasteiger partial charge in [0.15, 0.2) is 5.96 Å². The number of nitrogens with one attached hydrogen (secondary N) is 2. The van der Waals surface area contributed by atoms with Gasteiger partial charge in [-0.05, 0) is 38.6 Å². The molecule has 1 unspecified atom stereocenters. The van der Waals surface area contributed by atoms with Gasteiger partial charge in [-0.25, -0.2) is 4.98 Å². The molecule has 1 aliphatic rings. The monoisotopic (exact) mass is 348 g/mol. The predicted octanol–water partition coefficient (Wildman–Crippen LogP) is 2.47. The fourth-order valence-electron chi connectivity index (χ4n) is 3.43. The number of aromatic nitrogens is 2. The minimum absolute atomic E-state index is 0.613. The summed E-state index contributed by atoms with van der Waals surface area (Å²) in [6.45, 7) is 11.9. The summed E-state index contributed by atoms with van der Waals surface area (Å²) in [6.07, 6.45) is 9.15. The van der Waals surface area contributed by atoms with Crippen LogP contribution in [0.15, 0.2) is 17.4 Å². The first-order valence-corrected chi connectivity index (χ1v) is 9.78. The van der Waals surface area contributed by atoms with Crippen LogP contribution in [-0.2, 0) is 13.1 Å². The first kappa shape index (κ1) is 19.8. The van der Waals surface area contributed by atoms with Crippen LogP contribution < -0.4 is 10.6 Å². The zero-order valence-corrected chi connectivity index (χ0v) is 16.5. The van der Waals surface area contributed by atoms with Crippen LogP contribution in [0, 0.1) is 5.92 Å². The van der Waals surface area contributed by atoms with Gasteiger partial charge in [0.05, 0.1) is 6.54 Å². The molecule has 1 saturated heterocycles. The molecule has 142 valence electrons. The average Bonchev–Trinajstić information content (AvgIpc) is 3.02. The van der Waals surface area contributed by atoms with Gasteiger partial charge in [0.25, 0.3) is 0 Å². The van der Waals surface area contributed by atoms with E-state index < -0.39 is 0 Å². The molecule has 2 rings (SSSR count). The highest BCUT2D eigenvalue weighted by Crippen LogP contribution is 2.16. The second-order valence-corrected chi connectivity index (χ2v) is 7.48. The zero-order valence-electron chi connectivity index (χ0n) is 16.5. The molecule has 0 aliphatic carbocycles. The van der Waals surface area contributed by atoms with Gasteiger partial charge in [-0.3, -0.25) is 4.99 Å². The van der Waals surface area contributed by atoms with E-state index in [-0.39, 0.29) is 0 Å². The third-order valence-electron chi connectivity index (χ3n) is 4.86. The van der Waals surface area contributed by atoms with E-state index in [0.717, 1.165) is 37.3 Å². The predicted molar refractivity (Wildman–Crippen MR) is 105 cm³/mol. The van der Waals surface area contributed by atoms with E-state index >= 15 is 0 Å². The maximum absolute atomic E-state index is 4.45. The van der Waals surface area contributed by atoms with Crippen LogP contribution in [0.3, 0.4) is 0 Å². The molecule has 2 N–H and O–H groups in total. The highest BCUT2D eigenvalue weighted by Gasteiger charge is 2.17. The van der Waals surface area contributed by atoms with E-state index in [4.69, 9.17) is 0 Å². The minimum Gasteiger partial charge on any atom is -0.356 e. The molecule has 0 radical (unpaired) electrons. The number of hydrogen-bond acceptors (Lipinski definition) is 3. The molecule has 1 atom stereocenters. The van der Waals surface area contributed by atoms with Crippen molar-refractivity contribution in [1.82, 2.24) is 25.1 Å². The molecule has 6 nitrogen and oxygen atoms in total. The number of hydrogen-bond donors (Lipinski definition) is 2. The van der Waals surface area contributed by atoms with Crippen molar-refractivity contribution in [2.75, 3.05) is 26.7 Å². The average molecular weight is 349 g/mol. The Hall–Kier alpha value is -1.56. The van der Waals surface area contributed by atoms with Crippen molar-refractivity contribution in [2.24, 2.45) is 10.9 Å². The summed E-state index contributed by atoms with van der Waals surface area (Å²) in [6, 6.07) is 0.742. The van der Waals surface area contributed by atoms with Crippen LogP contribution in [0.25, 0.3) is 0 Å². The largest absolute Gasteiger partial charge is 0.356 e. The third kappa shape index (κ3) is 6.69. The Morgan fingerprint density at radius 1 is 1.36 bits per heavy atom. The van der Waals surface area contributed by atoms with E-state index in [0.29, 0.717) is 12.5 Å². The Morgan fingerprint density at radius 3 is 2.92 bits per heavy atom. The van der Waals surface area contributed by atoms with Crippen molar-refractivity contribution in [3.05, 3.63) is 18.2 Å². The van der Waals surface area contributed by atoms with E-state index in [2.05, 4.69) is 50.8 Å². The van der Waals surface area contributed by atoms with Gasteiger partial charge in [-0.2, -0.15) is 0 Å². The summed E-state index contributed by atoms with van der Waals surface area (Å²) < 4.78 is 2.21. The van der Waals surface area contributed by atoms with Gasteiger partial charge in [0.1, 0.15) is 5.82 Å². The molecule has 0 bridgehead atoms. The van der Waals surface area contributed by atoms with E-state index in [1.54, 1.807) is 0 Å². The summed E-state index contributed by atoms with van der Waals surface area (Å²) in [5.74, 6) is 2.52. The summed E-state index contributed by atoms with van der Waals surface area (Å²) in [5, 5.41) is 6.80. The lowest BCUT2D eigenvalue weighted by molar-refractivity contribution is 0.159. The lowest BCUT2D eigenvalue weighted by atomic mass is 10.0. The van der Waals surface area contributed by atoms with Crippen LogP contribution in [0.5, 0.6) is 0 Å². The second kappa shape index (κ2) is 10.4. The molecule has 6 heteroatoms. The quantitative estimate of drug-likeness (QED) is 0.430. The molecule has 1 aromatic heterocycles. The molecule has 1 aromatic rings. The van der Waals surface area contributed by atoms with Crippen molar-refractivity contribution in [3.63, 3.8) is 0 Å². The third-order valence-corrected chi connectivity index (χ3v) is 4.86. The second-order valence-electron chi connectivity index (χ2n) is 7.48. The zero-order chi connectivity index (χ0) is 18.1. The molecule has 1 fully saturated rings. The highest BCUT2D eigenvalue weighted by atomic mass is 15.2. The van der Waals surface area contributed by atoms with Crippen LogP contribution >= 0.6 is 0 Å². The van der Waals surface area contributed by atoms with Gasteiger partial charge < -0.3 is 20.1 Å². The van der Waals surface area contributed by atoms with Gasteiger partial charge in [0.2, 0.25) is 0 Å². The molecule has 0 saturated carbocycles. The Balaban J connectivity index is 1.68. The molecular weight excluding hydrogens is 312 g/mol. The van der Waals surface area contributed by atoms with Crippen LogP contribution in [0.1, 0.15) is 52.3 Å². The Kier molecular flexibility index (Phi) is 8.25. The molecule has 1 aliphatic heterocycles. The van der Waals surface area contributed by atoms with Gasteiger partial charge >= 0.3 is 0 Å².